The molecule has 1 aromatic carbocycles. The minimum Gasteiger partial charge on any atom is -0.497 e. The highest BCUT2D eigenvalue weighted by Crippen LogP contribution is 2.41. The third-order valence-electron chi connectivity index (χ3n) is 4.72. The zero-order valence-electron chi connectivity index (χ0n) is 13.2. The largest absolute Gasteiger partial charge is 0.497 e. The molecule has 124 valence electrons. The first-order valence-corrected chi connectivity index (χ1v) is 7.92. The van der Waals surface area contributed by atoms with E-state index in [1.807, 2.05) is 0 Å². The van der Waals surface area contributed by atoms with Crippen LogP contribution in [0.25, 0.3) is 0 Å². The van der Waals surface area contributed by atoms with Crippen LogP contribution < -0.4 is 4.74 Å². The lowest BCUT2D eigenvalue weighted by Crippen LogP contribution is -2.54. The van der Waals surface area contributed by atoms with Gasteiger partial charge in [-0.3, -0.25) is 9.69 Å². The van der Waals surface area contributed by atoms with Crippen molar-refractivity contribution >= 4 is 11.9 Å². The van der Waals surface area contributed by atoms with Crippen LogP contribution >= 0.6 is 0 Å². The van der Waals surface area contributed by atoms with Crippen molar-refractivity contribution in [1.82, 2.24) is 4.90 Å². The Balaban J connectivity index is 1.96. The Labute approximate surface area is 135 Å². The number of hydrogen-bond acceptors (Lipinski definition) is 4. The number of benzene rings is 1. The van der Waals surface area contributed by atoms with Crippen molar-refractivity contribution in [3.63, 3.8) is 0 Å². The molecule has 3 rings (SSSR count). The molecular formula is C17H21NO5. The first-order chi connectivity index (χ1) is 11.1. The van der Waals surface area contributed by atoms with Gasteiger partial charge in [0, 0.05) is 5.56 Å². The van der Waals surface area contributed by atoms with Gasteiger partial charge in [-0.1, -0.05) is 12.5 Å². The monoisotopic (exact) mass is 319 g/mol. The number of amides is 1. The highest BCUT2D eigenvalue weighted by molar-refractivity contribution is 5.97. The van der Waals surface area contributed by atoms with E-state index in [1.165, 1.54) is 12.0 Å². The summed E-state index contributed by atoms with van der Waals surface area (Å²) < 4.78 is 11.0. The van der Waals surface area contributed by atoms with Crippen molar-refractivity contribution < 1.29 is 24.2 Å². The Morgan fingerprint density at radius 1 is 1.30 bits per heavy atom. The molecule has 6 nitrogen and oxygen atoms in total. The zero-order chi connectivity index (χ0) is 16.4. The van der Waals surface area contributed by atoms with Crippen molar-refractivity contribution in [2.45, 2.75) is 43.9 Å². The maximum Gasteiger partial charge on any atom is 0.328 e. The second kappa shape index (κ2) is 6.20. The molecule has 1 amide bonds. The minimum atomic E-state index is -1.02. The van der Waals surface area contributed by atoms with Crippen LogP contribution in [0.4, 0.5) is 0 Å². The lowest BCUT2D eigenvalue weighted by molar-refractivity contribution is -0.143. The minimum absolute atomic E-state index is 0.0467. The molecule has 1 N–H and O–H groups in total. The van der Waals surface area contributed by atoms with Crippen LogP contribution in [0.5, 0.6) is 5.75 Å². The smallest absolute Gasteiger partial charge is 0.328 e. The number of hydrogen-bond donors (Lipinski definition) is 1. The predicted octanol–water partition coefficient (Wildman–Crippen LogP) is 2.28. The average Bonchev–Trinajstić information content (AvgIpc) is 2.93. The molecule has 1 heterocycles. The van der Waals surface area contributed by atoms with E-state index in [-0.39, 0.29) is 12.5 Å². The van der Waals surface area contributed by atoms with Gasteiger partial charge in [0.15, 0.2) is 6.04 Å². The first-order valence-electron chi connectivity index (χ1n) is 7.92. The molecule has 1 saturated heterocycles. The Bertz CT molecular complexity index is 609. The average molecular weight is 319 g/mol. The molecule has 0 radical (unpaired) electrons. The molecule has 0 aromatic heterocycles. The van der Waals surface area contributed by atoms with Crippen molar-refractivity contribution in [1.29, 1.82) is 0 Å². The molecule has 1 aliphatic heterocycles. The predicted molar refractivity (Wildman–Crippen MR) is 82.4 cm³/mol. The SMILES string of the molecule is COc1cccc(C(=O)N2C(C(=O)O)COC23CCCCC3)c1. The number of ether oxygens (including phenoxy) is 2. The van der Waals surface area contributed by atoms with Gasteiger partial charge in [-0.15, -0.1) is 0 Å². The van der Waals surface area contributed by atoms with Gasteiger partial charge in [-0.2, -0.15) is 0 Å². The molecule has 1 saturated carbocycles. The number of rotatable bonds is 3. The molecule has 1 unspecified atom stereocenters. The van der Waals surface area contributed by atoms with Gasteiger partial charge in [0.25, 0.3) is 5.91 Å². The van der Waals surface area contributed by atoms with E-state index in [2.05, 4.69) is 0 Å². The topological polar surface area (TPSA) is 76.1 Å². The number of carboxylic acids is 1. The zero-order valence-corrected chi connectivity index (χ0v) is 13.2. The summed E-state index contributed by atoms with van der Waals surface area (Å²) in [5, 5.41) is 9.50. The molecule has 0 bridgehead atoms. The quantitative estimate of drug-likeness (QED) is 0.925. The molecule has 1 aliphatic carbocycles. The van der Waals surface area contributed by atoms with Gasteiger partial charge in [-0.05, 0) is 43.9 Å². The van der Waals surface area contributed by atoms with Gasteiger partial charge in [-0.25, -0.2) is 4.79 Å². The summed E-state index contributed by atoms with van der Waals surface area (Å²) in [5.41, 5.74) is -0.354. The Kier molecular flexibility index (Phi) is 4.26. The van der Waals surface area contributed by atoms with Crippen molar-refractivity contribution in [3.05, 3.63) is 29.8 Å². The van der Waals surface area contributed by atoms with Crippen LogP contribution in [0.2, 0.25) is 0 Å². The number of nitrogens with zero attached hydrogens (tertiary/aromatic N) is 1. The summed E-state index contributed by atoms with van der Waals surface area (Å²) in [4.78, 5) is 26.1. The van der Waals surface area contributed by atoms with Gasteiger partial charge in [0.1, 0.15) is 11.5 Å². The lowest BCUT2D eigenvalue weighted by atomic mass is 9.89. The fraction of sp³-hybridized carbons (Fsp3) is 0.529. The number of carboxylic acid groups (broad SMARTS) is 1. The Morgan fingerprint density at radius 3 is 2.70 bits per heavy atom. The third kappa shape index (κ3) is 2.79. The molecule has 1 atom stereocenters. The molecule has 6 heteroatoms. The van der Waals surface area contributed by atoms with E-state index in [9.17, 15) is 14.7 Å². The number of aliphatic carboxylic acids is 1. The van der Waals surface area contributed by atoms with Crippen LogP contribution in [0, 0.1) is 0 Å². The van der Waals surface area contributed by atoms with Crippen LogP contribution in [-0.4, -0.2) is 47.4 Å². The summed E-state index contributed by atoms with van der Waals surface area (Å²) in [6.45, 7) is 0.0467. The van der Waals surface area contributed by atoms with E-state index in [0.717, 1.165) is 19.3 Å². The van der Waals surface area contributed by atoms with Gasteiger partial charge in [0.05, 0.1) is 13.7 Å². The summed E-state index contributed by atoms with van der Waals surface area (Å²) in [6, 6.07) is 5.86. The Hall–Kier alpha value is -2.08. The van der Waals surface area contributed by atoms with Crippen LogP contribution in [-0.2, 0) is 9.53 Å². The molecule has 23 heavy (non-hydrogen) atoms. The summed E-state index contributed by atoms with van der Waals surface area (Å²) in [7, 11) is 1.53. The summed E-state index contributed by atoms with van der Waals surface area (Å²) in [5.74, 6) is -0.764. The molecule has 2 aliphatic rings. The van der Waals surface area contributed by atoms with E-state index in [0.29, 0.717) is 24.2 Å². The normalized spacial score (nSPS) is 23.0. The van der Waals surface area contributed by atoms with Gasteiger partial charge in [0.2, 0.25) is 0 Å². The second-order valence-electron chi connectivity index (χ2n) is 6.08. The van der Waals surface area contributed by atoms with E-state index >= 15 is 0 Å². The lowest BCUT2D eigenvalue weighted by Gasteiger charge is -2.41. The van der Waals surface area contributed by atoms with Gasteiger partial charge < -0.3 is 14.6 Å². The highest BCUT2D eigenvalue weighted by atomic mass is 16.5. The third-order valence-corrected chi connectivity index (χ3v) is 4.72. The van der Waals surface area contributed by atoms with E-state index in [1.54, 1.807) is 24.3 Å². The fourth-order valence-corrected chi connectivity index (χ4v) is 3.56. The van der Waals surface area contributed by atoms with Crippen molar-refractivity contribution in [2.75, 3.05) is 13.7 Å². The highest BCUT2D eigenvalue weighted by Gasteiger charge is 2.53. The van der Waals surface area contributed by atoms with Crippen LogP contribution in [0.1, 0.15) is 42.5 Å². The van der Waals surface area contributed by atoms with Gasteiger partial charge >= 0.3 is 5.97 Å². The van der Waals surface area contributed by atoms with Crippen molar-refractivity contribution in [3.8, 4) is 5.75 Å². The molecular weight excluding hydrogens is 298 g/mol. The first kappa shape index (κ1) is 15.8. The van der Waals surface area contributed by atoms with Crippen molar-refractivity contribution in [2.24, 2.45) is 0 Å². The molecule has 1 aromatic rings. The molecule has 2 fully saturated rings. The van der Waals surface area contributed by atoms with Crippen LogP contribution in [0.15, 0.2) is 24.3 Å². The second-order valence-corrected chi connectivity index (χ2v) is 6.08. The maximum absolute atomic E-state index is 13.0. The maximum atomic E-state index is 13.0. The summed E-state index contributed by atoms with van der Waals surface area (Å²) >= 11 is 0. The Morgan fingerprint density at radius 2 is 2.04 bits per heavy atom. The number of methoxy groups -OCH3 is 1. The standard InChI is InChI=1S/C17H21NO5/c1-22-13-7-5-6-12(10-13)15(19)18-14(16(20)21)11-23-17(18)8-3-2-4-9-17/h5-7,10,14H,2-4,8-9,11H2,1H3,(H,20,21). The number of carbonyl (C=O) groups excluding carboxylic acids is 1. The van der Waals surface area contributed by atoms with E-state index < -0.39 is 17.7 Å². The summed E-state index contributed by atoms with van der Waals surface area (Å²) in [6.07, 6.45) is 4.34. The number of carbonyl (C=O) groups is 2. The fourth-order valence-electron chi connectivity index (χ4n) is 3.56. The molecule has 1 spiro atoms. The van der Waals surface area contributed by atoms with E-state index in [4.69, 9.17) is 9.47 Å². The van der Waals surface area contributed by atoms with Crippen LogP contribution in [0.3, 0.4) is 0 Å².